The third-order valence-electron chi connectivity index (χ3n) is 4.56. The van der Waals surface area contributed by atoms with Gasteiger partial charge in [-0.05, 0) is 63.1 Å². The lowest BCUT2D eigenvalue weighted by Crippen LogP contribution is -2.52. The number of amides is 2. The van der Waals surface area contributed by atoms with Gasteiger partial charge in [-0.2, -0.15) is 0 Å². The maximum atomic E-state index is 13.1. The minimum Gasteiger partial charge on any atom is -0.497 e. The lowest BCUT2D eigenvalue weighted by atomic mass is 10.1. The van der Waals surface area contributed by atoms with Crippen molar-refractivity contribution in [3.8, 4) is 5.75 Å². The van der Waals surface area contributed by atoms with E-state index in [4.69, 9.17) is 4.74 Å². The number of halogens is 1. The number of hydrogen-bond acceptors (Lipinski definition) is 4. The summed E-state index contributed by atoms with van der Waals surface area (Å²) < 4.78 is 6.13. The molecule has 168 valence electrons. The molecular weight excluding hydrogens is 476 g/mol. The topological polar surface area (TPSA) is 58.6 Å². The number of carbonyl (C=O) groups is 2. The van der Waals surface area contributed by atoms with Crippen molar-refractivity contribution in [2.45, 2.75) is 51.6 Å². The van der Waals surface area contributed by atoms with E-state index in [0.29, 0.717) is 18.1 Å². The smallest absolute Gasteiger partial charge is 0.242 e. The van der Waals surface area contributed by atoms with Gasteiger partial charge in [-0.1, -0.05) is 40.2 Å². The van der Waals surface area contributed by atoms with Crippen molar-refractivity contribution in [2.75, 3.05) is 12.9 Å². The molecule has 0 unspecified atom stereocenters. The lowest BCUT2D eigenvalue weighted by Gasteiger charge is -2.31. The van der Waals surface area contributed by atoms with E-state index in [-0.39, 0.29) is 17.4 Å². The maximum Gasteiger partial charge on any atom is 0.242 e. The maximum absolute atomic E-state index is 13.1. The summed E-state index contributed by atoms with van der Waals surface area (Å²) in [7, 11) is 1.64. The summed E-state index contributed by atoms with van der Waals surface area (Å²) in [6.07, 6.45) is 0. The number of nitrogens with zero attached hydrogens (tertiary/aromatic N) is 1. The minimum absolute atomic E-state index is 0.0601. The molecule has 0 fully saturated rings. The highest BCUT2D eigenvalue weighted by atomic mass is 79.9. The Hall–Kier alpha value is -1.99. The molecule has 0 aliphatic rings. The number of carbonyl (C=O) groups excluding carboxylic acids is 2. The quantitative estimate of drug-likeness (QED) is 0.518. The molecule has 0 spiro atoms. The molecule has 2 amide bonds. The molecule has 0 aromatic heterocycles. The number of hydrogen-bond donors (Lipinski definition) is 1. The summed E-state index contributed by atoms with van der Waals surface area (Å²) in [5, 5.41) is 2.98. The van der Waals surface area contributed by atoms with Crippen molar-refractivity contribution in [2.24, 2.45) is 0 Å². The van der Waals surface area contributed by atoms with Gasteiger partial charge >= 0.3 is 0 Å². The molecule has 2 rings (SSSR count). The zero-order valence-corrected chi connectivity index (χ0v) is 21.2. The van der Waals surface area contributed by atoms with Gasteiger partial charge in [0.2, 0.25) is 11.8 Å². The summed E-state index contributed by atoms with van der Waals surface area (Å²) in [5.74, 6) is 1.60. The van der Waals surface area contributed by atoms with Crippen LogP contribution in [0.15, 0.2) is 53.0 Å². The monoisotopic (exact) mass is 506 g/mol. The van der Waals surface area contributed by atoms with E-state index in [1.54, 1.807) is 18.9 Å². The van der Waals surface area contributed by atoms with Gasteiger partial charge in [-0.25, -0.2) is 0 Å². The van der Waals surface area contributed by atoms with E-state index in [0.717, 1.165) is 21.3 Å². The second-order valence-corrected chi connectivity index (χ2v) is 10.3. The molecule has 5 nitrogen and oxygen atoms in total. The second kappa shape index (κ2) is 11.6. The van der Waals surface area contributed by atoms with E-state index in [2.05, 4.69) is 21.2 Å². The van der Waals surface area contributed by atoms with Crippen LogP contribution in [0.3, 0.4) is 0 Å². The average Bonchev–Trinajstić information content (AvgIpc) is 2.70. The Morgan fingerprint density at radius 1 is 1.13 bits per heavy atom. The van der Waals surface area contributed by atoms with Gasteiger partial charge in [0.15, 0.2) is 0 Å². The third-order valence-corrected chi connectivity index (χ3v) is 6.04. The fraction of sp³-hybridized carbons (Fsp3) is 0.417. The van der Waals surface area contributed by atoms with E-state index in [1.165, 1.54) is 11.8 Å². The molecule has 0 radical (unpaired) electrons. The van der Waals surface area contributed by atoms with Gasteiger partial charge in [-0.15, -0.1) is 11.8 Å². The van der Waals surface area contributed by atoms with Crippen LogP contribution in [0.25, 0.3) is 0 Å². The van der Waals surface area contributed by atoms with Gasteiger partial charge < -0.3 is 15.0 Å². The van der Waals surface area contributed by atoms with Crippen LogP contribution in [-0.2, 0) is 21.9 Å². The highest BCUT2D eigenvalue weighted by Gasteiger charge is 2.28. The molecule has 1 atom stereocenters. The molecule has 2 aromatic carbocycles. The average molecular weight is 507 g/mol. The molecule has 0 saturated carbocycles. The Labute approximate surface area is 198 Å². The zero-order chi connectivity index (χ0) is 23.0. The molecular formula is C24H31BrN2O3S. The Morgan fingerprint density at radius 3 is 2.39 bits per heavy atom. The Bertz CT molecular complexity index is 881. The largest absolute Gasteiger partial charge is 0.497 e. The van der Waals surface area contributed by atoms with Crippen LogP contribution in [0.2, 0.25) is 0 Å². The second-order valence-electron chi connectivity index (χ2n) is 8.41. The normalized spacial score (nSPS) is 12.2. The van der Waals surface area contributed by atoms with Crippen LogP contribution >= 0.6 is 27.7 Å². The van der Waals surface area contributed by atoms with Crippen LogP contribution < -0.4 is 10.1 Å². The fourth-order valence-corrected chi connectivity index (χ4v) is 4.27. The Kier molecular flexibility index (Phi) is 9.44. The minimum atomic E-state index is -0.577. The van der Waals surface area contributed by atoms with Gasteiger partial charge in [0.25, 0.3) is 0 Å². The standard InChI is InChI=1S/C24H31BrN2O3S/c1-17(23(29)26-24(2,3)4)27(14-19-7-6-8-20(25)13-19)22(28)16-31-15-18-9-11-21(30-5)12-10-18/h6-13,17H,14-16H2,1-5H3,(H,26,29)/t17-/m1/s1. The number of thioether (sulfide) groups is 1. The zero-order valence-electron chi connectivity index (χ0n) is 18.8. The highest BCUT2D eigenvalue weighted by molar-refractivity contribution is 9.10. The van der Waals surface area contributed by atoms with E-state index >= 15 is 0 Å². The van der Waals surface area contributed by atoms with E-state index < -0.39 is 6.04 Å². The predicted molar refractivity (Wildman–Crippen MR) is 131 cm³/mol. The number of benzene rings is 2. The first-order chi connectivity index (χ1) is 14.6. The molecule has 0 aliphatic heterocycles. The van der Waals surface area contributed by atoms with Gasteiger partial charge in [0.05, 0.1) is 12.9 Å². The molecule has 0 bridgehead atoms. The number of ether oxygens (including phenoxy) is 1. The highest BCUT2D eigenvalue weighted by Crippen LogP contribution is 2.20. The van der Waals surface area contributed by atoms with Crippen molar-refractivity contribution in [3.63, 3.8) is 0 Å². The first-order valence-corrected chi connectivity index (χ1v) is 12.1. The number of methoxy groups -OCH3 is 1. The fourth-order valence-electron chi connectivity index (χ4n) is 2.95. The van der Waals surface area contributed by atoms with Crippen molar-refractivity contribution >= 4 is 39.5 Å². The van der Waals surface area contributed by atoms with Gasteiger partial charge in [0, 0.05) is 22.3 Å². The molecule has 31 heavy (non-hydrogen) atoms. The van der Waals surface area contributed by atoms with Crippen molar-refractivity contribution < 1.29 is 14.3 Å². The van der Waals surface area contributed by atoms with Crippen LogP contribution in [-0.4, -0.2) is 41.2 Å². The summed E-state index contributed by atoms with van der Waals surface area (Å²) >= 11 is 5.02. The summed E-state index contributed by atoms with van der Waals surface area (Å²) in [4.78, 5) is 27.6. The Morgan fingerprint density at radius 2 is 1.81 bits per heavy atom. The first-order valence-electron chi connectivity index (χ1n) is 10.2. The van der Waals surface area contributed by atoms with Crippen LogP contribution in [0, 0.1) is 0 Å². The van der Waals surface area contributed by atoms with E-state index in [9.17, 15) is 9.59 Å². The van der Waals surface area contributed by atoms with Crippen molar-refractivity contribution in [3.05, 3.63) is 64.1 Å². The van der Waals surface area contributed by atoms with Crippen molar-refractivity contribution in [1.29, 1.82) is 0 Å². The molecule has 0 saturated heterocycles. The number of rotatable bonds is 9. The predicted octanol–water partition coefficient (Wildman–Crippen LogP) is 5.02. The van der Waals surface area contributed by atoms with Gasteiger partial charge in [0.1, 0.15) is 11.8 Å². The summed E-state index contributed by atoms with van der Waals surface area (Å²) in [6.45, 7) is 7.96. The first kappa shape index (κ1) is 25.3. The molecule has 7 heteroatoms. The van der Waals surface area contributed by atoms with Crippen LogP contribution in [0.5, 0.6) is 5.75 Å². The molecule has 1 N–H and O–H groups in total. The molecule has 0 heterocycles. The van der Waals surface area contributed by atoms with E-state index in [1.807, 2.05) is 69.3 Å². The van der Waals surface area contributed by atoms with Gasteiger partial charge in [-0.3, -0.25) is 9.59 Å². The van der Waals surface area contributed by atoms with Crippen LogP contribution in [0.1, 0.15) is 38.8 Å². The lowest BCUT2D eigenvalue weighted by molar-refractivity contribution is -0.139. The number of nitrogens with one attached hydrogen (secondary N) is 1. The molecule has 2 aromatic rings. The Balaban J connectivity index is 2.07. The summed E-state index contributed by atoms with van der Waals surface area (Å²) in [6, 6.07) is 15.0. The third kappa shape index (κ3) is 8.57. The van der Waals surface area contributed by atoms with Crippen LogP contribution in [0.4, 0.5) is 0 Å². The molecule has 0 aliphatic carbocycles. The van der Waals surface area contributed by atoms with Crippen molar-refractivity contribution in [1.82, 2.24) is 10.2 Å². The summed E-state index contributed by atoms with van der Waals surface area (Å²) in [5.41, 5.74) is 1.73. The SMILES string of the molecule is COc1ccc(CSCC(=O)N(Cc2cccc(Br)c2)[C@H](C)C(=O)NC(C)(C)C)cc1.